The van der Waals surface area contributed by atoms with Gasteiger partial charge in [-0.3, -0.25) is 4.79 Å². The van der Waals surface area contributed by atoms with Gasteiger partial charge in [-0.25, -0.2) is 4.39 Å². The molecule has 82 valence electrons. The number of ketones is 1. The smallest absolute Gasteiger partial charge is 0.139 e. The van der Waals surface area contributed by atoms with Crippen molar-refractivity contribution in [3.63, 3.8) is 0 Å². The fourth-order valence-electron chi connectivity index (χ4n) is 1.20. The maximum atomic E-state index is 12.9. The minimum absolute atomic E-state index is 0.0446. The summed E-state index contributed by atoms with van der Waals surface area (Å²) in [5.41, 5.74) is 0.677. The van der Waals surface area contributed by atoms with Crippen LogP contribution in [0.25, 0.3) is 0 Å². The molecule has 0 saturated carbocycles. The molecule has 0 aliphatic rings. The Balaban J connectivity index is 2.63. The van der Waals surface area contributed by atoms with E-state index in [-0.39, 0.29) is 18.0 Å². The Morgan fingerprint density at radius 2 is 2.27 bits per heavy atom. The van der Waals surface area contributed by atoms with Gasteiger partial charge in [0.25, 0.3) is 0 Å². The molecule has 0 aliphatic heterocycles. The molecular formula is C11H12BrFO2. The summed E-state index contributed by atoms with van der Waals surface area (Å²) in [4.78, 5) is 11.4. The van der Waals surface area contributed by atoms with Crippen molar-refractivity contribution in [2.45, 2.75) is 12.8 Å². The molecule has 0 spiro atoms. The highest BCUT2D eigenvalue weighted by Crippen LogP contribution is 2.18. The van der Waals surface area contributed by atoms with Gasteiger partial charge >= 0.3 is 0 Å². The van der Waals surface area contributed by atoms with Gasteiger partial charge in [-0.15, -0.1) is 0 Å². The first-order valence-electron chi connectivity index (χ1n) is 4.58. The van der Waals surface area contributed by atoms with Gasteiger partial charge < -0.3 is 4.74 Å². The number of hydrogen-bond donors (Lipinski definition) is 0. The molecule has 0 aromatic heterocycles. The second-order valence-corrected chi connectivity index (χ2v) is 4.05. The Kier molecular flexibility index (Phi) is 4.91. The standard InChI is InChI=1S/C11H12BrFO2/c1-15-5-4-10(14)7-8-6-9(13)2-3-11(8)12/h2-3,6H,4-5,7H2,1H3. The van der Waals surface area contributed by atoms with Crippen LogP contribution in [0.15, 0.2) is 22.7 Å². The number of Topliss-reactive ketones (excluding diaryl/α,β-unsaturated/α-hetero) is 1. The average Bonchev–Trinajstić information content (AvgIpc) is 2.20. The Bertz CT molecular complexity index is 352. The van der Waals surface area contributed by atoms with Crippen LogP contribution in [0, 0.1) is 5.82 Å². The average molecular weight is 275 g/mol. The molecule has 1 aromatic rings. The largest absolute Gasteiger partial charge is 0.384 e. The first kappa shape index (κ1) is 12.3. The van der Waals surface area contributed by atoms with E-state index in [9.17, 15) is 9.18 Å². The number of methoxy groups -OCH3 is 1. The first-order chi connectivity index (χ1) is 7.13. The molecule has 0 saturated heterocycles. The molecule has 0 atom stereocenters. The Morgan fingerprint density at radius 1 is 1.53 bits per heavy atom. The molecule has 15 heavy (non-hydrogen) atoms. The van der Waals surface area contributed by atoms with Gasteiger partial charge in [0.05, 0.1) is 6.61 Å². The quantitative estimate of drug-likeness (QED) is 0.826. The zero-order valence-electron chi connectivity index (χ0n) is 8.43. The van der Waals surface area contributed by atoms with Crippen molar-refractivity contribution in [1.29, 1.82) is 0 Å². The van der Waals surface area contributed by atoms with Crippen molar-refractivity contribution in [3.05, 3.63) is 34.1 Å². The van der Waals surface area contributed by atoms with E-state index in [1.807, 2.05) is 0 Å². The monoisotopic (exact) mass is 274 g/mol. The van der Waals surface area contributed by atoms with Crippen LogP contribution in [-0.2, 0) is 16.0 Å². The molecule has 0 bridgehead atoms. The molecule has 0 heterocycles. The Hall–Kier alpha value is -0.740. The zero-order chi connectivity index (χ0) is 11.3. The predicted octanol–water partition coefficient (Wildman–Crippen LogP) is 2.74. The van der Waals surface area contributed by atoms with Crippen LogP contribution in [0.1, 0.15) is 12.0 Å². The van der Waals surface area contributed by atoms with Crippen LogP contribution in [-0.4, -0.2) is 19.5 Å². The molecule has 0 aliphatic carbocycles. The SMILES string of the molecule is COCCC(=O)Cc1cc(F)ccc1Br. The van der Waals surface area contributed by atoms with E-state index in [4.69, 9.17) is 4.74 Å². The van der Waals surface area contributed by atoms with Crippen molar-refractivity contribution in [2.24, 2.45) is 0 Å². The summed E-state index contributed by atoms with van der Waals surface area (Å²) in [6.07, 6.45) is 0.598. The fraction of sp³-hybridized carbons (Fsp3) is 0.364. The zero-order valence-corrected chi connectivity index (χ0v) is 10.0. The van der Waals surface area contributed by atoms with Gasteiger partial charge in [-0.05, 0) is 23.8 Å². The molecule has 0 N–H and O–H groups in total. The van der Waals surface area contributed by atoms with Gasteiger partial charge in [-0.1, -0.05) is 15.9 Å². The number of halogens is 2. The second-order valence-electron chi connectivity index (χ2n) is 3.19. The van der Waals surface area contributed by atoms with E-state index in [0.29, 0.717) is 18.6 Å². The molecule has 0 fully saturated rings. The summed E-state index contributed by atoms with van der Waals surface area (Å²) >= 11 is 3.28. The molecule has 0 amide bonds. The van der Waals surface area contributed by atoms with E-state index >= 15 is 0 Å². The van der Waals surface area contributed by atoms with Crippen molar-refractivity contribution >= 4 is 21.7 Å². The lowest BCUT2D eigenvalue weighted by Crippen LogP contribution is -2.06. The minimum Gasteiger partial charge on any atom is -0.384 e. The highest BCUT2D eigenvalue weighted by molar-refractivity contribution is 9.10. The molecule has 1 aromatic carbocycles. The number of rotatable bonds is 5. The van der Waals surface area contributed by atoms with Gasteiger partial charge in [0.1, 0.15) is 11.6 Å². The van der Waals surface area contributed by atoms with E-state index < -0.39 is 0 Å². The number of hydrogen-bond acceptors (Lipinski definition) is 2. The van der Waals surface area contributed by atoms with Crippen molar-refractivity contribution < 1.29 is 13.9 Å². The van der Waals surface area contributed by atoms with E-state index in [0.717, 1.165) is 4.47 Å². The van der Waals surface area contributed by atoms with Crippen LogP contribution >= 0.6 is 15.9 Å². The number of carbonyl (C=O) groups excluding carboxylic acids is 1. The summed E-state index contributed by atoms with van der Waals surface area (Å²) in [7, 11) is 1.55. The van der Waals surface area contributed by atoms with E-state index in [1.54, 1.807) is 13.2 Å². The summed E-state index contributed by atoms with van der Waals surface area (Å²) in [5, 5.41) is 0. The number of carbonyl (C=O) groups is 1. The van der Waals surface area contributed by atoms with Crippen LogP contribution in [0.5, 0.6) is 0 Å². The maximum absolute atomic E-state index is 12.9. The number of benzene rings is 1. The highest BCUT2D eigenvalue weighted by atomic mass is 79.9. The van der Waals surface area contributed by atoms with E-state index in [2.05, 4.69) is 15.9 Å². The molecule has 1 rings (SSSR count). The van der Waals surface area contributed by atoms with Crippen molar-refractivity contribution in [3.8, 4) is 0 Å². The maximum Gasteiger partial charge on any atom is 0.139 e. The third kappa shape index (κ3) is 4.10. The van der Waals surface area contributed by atoms with Gasteiger partial charge in [0.15, 0.2) is 0 Å². The van der Waals surface area contributed by atoms with Crippen LogP contribution < -0.4 is 0 Å². The lowest BCUT2D eigenvalue weighted by Gasteiger charge is -2.03. The number of ether oxygens (including phenoxy) is 1. The second kappa shape index (κ2) is 5.98. The molecule has 0 unspecified atom stereocenters. The molecular weight excluding hydrogens is 263 g/mol. The third-order valence-electron chi connectivity index (χ3n) is 1.98. The van der Waals surface area contributed by atoms with Gasteiger partial charge in [-0.2, -0.15) is 0 Å². The normalized spacial score (nSPS) is 10.3. The predicted molar refractivity (Wildman–Crippen MR) is 59.3 cm³/mol. The third-order valence-corrected chi connectivity index (χ3v) is 2.75. The van der Waals surface area contributed by atoms with E-state index in [1.165, 1.54) is 12.1 Å². The van der Waals surface area contributed by atoms with Crippen LogP contribution in [0.4, 0.5) is 4.39 Å². The highest BCUT2D eigenvalue weighted by Gasteiger charge is 2.07. The topological polar surface area (TPSA) is 26.3 Å². The molecule has 2 nitrogen and oxygen atoms in total. The molecule has 4 heteroatoms. The van der Waals surface area contributed by atoms with Gasteiger partial charge in [0.2, 0.25) is 0 Å². The van der Waals surface area contributed by atoms with Crippen LogP contribution in [0.3, 0.4) is 0 Å². The van der Waals surface area contributed by atoms with Crippen molar-refractivity contribution in [1.82, 2.24) is 0 Å². The lowest BCUT2D eigenvalue weighted by atomic mass is 10.1. The summed E-state index contributed by atoms with van der Waals surface area (Å²) < 4.78 is 18.4. The lowest BCUT2D eigenvalue weighted by molar-refractivity contribution is -0.119. The molecule has 0 radical (unpaired) electrons. The fourth-order valence-corrected chi connectivity index (χ4v) is 1.58. The summed E-state index contributed by atoms with van der Waals surface area (Å²) in [6.45, 7) is 0.409. The van der Waals surface area contributed by atoms with Gasteiger partial charge in [0, 0.05) is 24.4 Å². The Morgan fingerprint density at radius 3 is 2.93 bits per heavy atom. The summed E-state index contributed by atoms with van der Waals surface area (Å²) in [5.74, 6) is -0.282. The first-order valence-corrected chi connectivity index (χ1v) is 5.37. The van der Waals surface area contributed by atoms with Crippen LogP contribution in [0.2, 0.25) is 0 Å². The summed E-state index contributed by atoms with van der Waals surface area (Å²) in [6, 6.07) is 4.33. The minimum atomic E-state index is -0.326. The van der Waals surface area contributed by atoms with Crippen molar-refractivity contribution in [2.75, 3.05) is 13.7 Å². The Labute approximate surface area is 96.6 Å².